The number of furan rings is 1. The highest BCUT2D eigenvalue weighted by Crippen LogP contribution is 2.22. The molecular weight excluding hydrogens is 236 g/mol. The second-order valence-electron chi connectivity index (χ2n) is 3.86. The highest BCUT2D eigenvalue weighted by Gasteiger charge is 2.16. The first-order valence-corrected chi connectivity index (χ1v) is 5.89. The van der Waals surface area contributed by atoms with Crippen molar-refractivity contribution in [2.75, 3.05) is 0 Å². The molecule has 0 saturated heterocycles. The van der Waals surface area contributed by atoms with Gasteiger partial charge in [-0.15, -0.1) is 0 Å². The van der Waals surface area contributed by atoms with Crippen molar-refractivity contribution in [2.45, 2.75) is 20.3 Å². The Balaban J connectivity index is 2.40. The lowest BCUT2D eigenvalue weighted by Crippen LogP contribution is -2.02. The quantitative estimate of drug-likeness (QED) is 0.768. The minimum atomic E-state index is -0.121. The normalized spacial score (nSPS) is 10.5. The summed E-state index contributed by atoms with van der Waals surface area (Å²) >= 11 is 6.00. The van der Waals surface area contributed by atoms with E-state index in [-0.39, 0.29) is 5.78 Å². The van der Waals surface area contributed by atoms with Gasteiger partial charge in [-0.25, -0.2) is 0 Å². The van der Waals surface area contributed by atoms with Crippen LogP contribution in [-0.4, -0.2) is 5.78 Å². The second kappa shape index (κ2) is 4.76. The molecule has 88 valence electrons. The maximum absolute atomic E-state index is 12.2. The van der Waals surface area contributed by atoms with Gasteiger partial charge < -0.3 is 4.42 Å². The van der Waals surface area contributed by atoms with Crippen LogP contribution in [0.15, 0.2) is 34.7 Å². The Hall–Kier alpha value is -1.54. The number of carbonyl (C=O) groups is 1. The molecule has 0 unspecified atom stereocenters. The average molecular weight is 249 g/mol. The van der Waals surface area contributed by atoms with Crippen LogP contribution in [0.2, 0.25) is 5.02 Å². The zero-order chi connectivity index (χ0) is 12.4. The summed E-state index contributed by atoms with van der Waals surface area (Å²) in [6, 6.07) is 8.84. The van der Waals surface area contributed by atoms with Crippen LogP contribution in [0.4, 0.5) is 0 Å². The molecule has 2 nitrogen and oxygen atoms in total. The Labute approximate surface area is 105 Å². The van der Waals surface area contributed by atoms with E-state index in [1.54, 1.807) is 24.3 Å². The van der Waals surface area contributed by atoms with E-state index in [0.29, 0.717) is 16.3 Å². The van der Waals surface area contributed by atoms with Gasteiger partial charge in [0.1, 0.15) is 5.76 Å². The Morgan fingerprint density at radius 1 is 1.29 bits per heavy atom. The van der Waals surface area contributed by atoms with Crippen molar-refractivity contribution in [1.82, 2.24) is 0 Å². The Bertz CT molecular complexity index is 555. The molecule has 2 rings (SSSR count). The highest BCUT2D eigenvalue weighted by atomic mass is 35.5. The fourth-order valence-corrected chi connectivity index (χ4v) is 1.85. The summed E-state index contributed by atoms with van der Waals surface area (Å²) in [5, 5.41) is 0.595. The fourth-order valence-electron chi connectivity index (χ4n) is 1.68. The lowest BCUT2D eigenvalue weighted by molar-refractivity contribution is 0.101. The van der Waals surface area contributed by atoms with Gasteiger partial charge in [0.25, 0.3) is 0 Å². The lowest BCUT2D eigenvalue weighted by Gasteiger charge is -2.04. The molecule has 0 N–H and O–H groups in total. The predicted octanol–water partition coefficient (Wildman–Crippen LogP) is 4.03. The summed E-state index contributed by atoms with van der Waals surface area (Å²) in [4.78, 5) is 12.2. The molecule has 0 bridgehead atoms. The van der Waals surface area contributed by atoms with E-state index >= 15 is 0 Å². The number of hydrogen-bond donors (Lipinski definition) is 0. The molecule has 17 heavy (non-hydrogen) atoms. The summed E-state index contributed by atoms with van der Waals surface area (Å²) in [6.07, 6.45) is 0.780. The summed E-state index contributed by atoms with van der Waals surface area (Å²) in [5.41, 5.74) is 1.38. The standard InChI is InChI=1S/C14H13ClO2/c1-3-10-7-8-13(17-10)14(16)11-5-4-6-12(15)9(11)2/h4-8H,3H2,1-2H3. The molecule has 0 aliphatic carbocycles. The largest absolute Gasteiger partial charge is 0.458 e. The third-order valence-electron chi connectivity index (χ3n) is 2.75. The summed E-state index contributed by atoms with van der Waals surface area (Å²) in [7, 11) is 0. The van der Waals surface area contributed by atoms with Gasteiger partial charge in [0.05, 0.1) is 0 Å². The molecule has 0 aliphatic heterocycles. The molecule has 0 radical (unpaired) electrons. The molecule has 0 spiro atoms. The van der Waals surface area contributed by atoms with Crippen molar-refractivity contribution < 1.29 is 9.21 Å². The second-order valence-corrected chi connectivity index (χ2v) is 4.27. The van der Waals surface area contributed by atoms with Gasteiger partial charge in [-0.3, -0.25) is 4.79 Å². The van der Waals surface area contributed by atoms with Crippen LogP contribution in [0.1, 0.15) is 34.4 Å². The van der Waals surface area contributed by atoms with Crippen molar-refractivity contribution in [3.8, 4) is 0 Å². The number of halogens is 1. The van der Waals surface area contributed by atoms with Crippen LogP contribution in [0, 0.1) is 6.92 Å². The van der Waals surface area contributed by atoms with Gasteiger partial charge in [-0.1, -0.05) is 30.7 Å². The Kier molecular flexibility index (Phi) is 3.34. The molecule has 1 aromatic heterocycles. The van der Waals surface area contributed by atoms with Crippen molar-refractivity contribution in [2.24, 2.45) is 0 Å². The summed E-state index contributed by atoms with van der Waals surface area (Å²) < 4.78 is 5.45. The van der Waals surface area contributed by atoms with E-state index in [2.05, 4.69) is 0 Å². The maximum Gasteiger partial charge on any atom is 0.228 e. The first-order valence-electron chi connectivity index (χ1n) is 5.52. The molecule has 0 fully saturated rings. The zero-order valence-corrected chi connectivity index (χ0v) is 10.5. The van der Waals surface area contributed by atoms with Crippen LogP contribution in [-0.2, 0) is 6.42 Å². The predicted molar refractivity (Wildman–Crippen MR) is 67.7 cm³/mol. The van der Waals surface area contributed by atoms with Gasteiger partial charge in [-0.2, -0.15) is 0 Å². The molecule has 3 heteroatoms. The SMILES string of the molecule is CCc1ccc(C(=O)c2cccc(Cl)c2C)o1. The minimum absolute atomic E-state index is 0.121. The van der Waals surface area contributed by atoms with Gasteiger partial charge in [-0.05, 0) is 30.7 Å². The number of rotatable bonds is 3. The van der Waals surface area contributed by atoms with Crippen LogP contribution in [0.5, 0.6) is 0 Å². The van der Waals surface area contributed by atoms with E-state index in [1.165, 1.54) is 0 Å². The molecule has 0 atom stereocenters. The Morgan fingerprint density at radius 3 is 2.71 bits per heavy atom. The molecule has 1 aromatic carbocycles. The maximum atomic E-state index is 12.2. The lowest BCUT2D eigenvalue weighted by atomic mass is 10.0. The van der Waals surface area contributed by atoms with Crippen LogP contribution >= 0.6 is 11.6 Å². The topological polar surface area (TPSA) is 30.2 Å². The smallest absolute Gasteiger partial charge is 0.228 e. The number of carbonyl (C=O) groups excluding carboxylic acids is 1. The fraction of sp³-hybridized carbons (Fsp3) is 0.214. The molecule has 2 aromatic rings. The van der Waals surface area contributed by atoms with Gasteiger partial charge in [0, 0.05) is 17.0 Å². The molecule has 0 aliphatic rings. The zero-order valence-electron chi connectivity index (χ0n) is 9.79. The number of aryl methyl sites for hydroxylation is 1. The monoisotopic (exact) mass is 248 g/mol. The van der Waals surface area contributed by atoms with Crippen molar-refractivity contribution in [3.63, 3.8) is 0 Å². The van der Waals surface area contributed by atoms with Crippen molar-refractivity contribution in [3.05, 3.63) is 58.0 Å². The van der Waals surface area contributed by atoms with E-state index in [9.17, 15) is 4.79 Å². The summed E-state index contributed by atoms with van der Waals surface area (Å²) in [6.45, 7) is 3.82. The van der Waals surface area contributed by atoms with E-state index < -0.39 is 0 Å². The minimum Gasteiger partial charge on any atom is -0.458 e. The van der Waals surface area contributed by atoms with Crippen LogP contribution in [0.25, 0.3) is 0 Å². The third kappa shape index (κ3) is 2.27. The molecular formula is C14H13ClO2. The van der Waals surface area contributed by atoms with Gasteiger partial charge >= 0.3 is 0 Å². The first kappa shape index (κ1) is 11.9. The number of hydrogen-bond acceptors (Lipinski definition) is 2. The summed E-state index contributed by atoms with van der Waals surface area (Å²) in [5.74, 6) is 1.06. The Morgan fingerprint density at radius 2 is 2.06 bits per heavy atom. The van der Waals surface area contributed by atoms with E-state index in [0.717, 1.165) is 17.7 Å². The third-order valence-corrected chi connectivity index (χ3v) is 3.16. The van der Waals surface area contributed by atoms with Crippen LogP contribution < -0.4 is 0 Å². The molecule has 1 heterocycles. The number of ketones is 1. The van der Waals surface area contributed by atoms with Crippen LogP contribution in [0.3, 0.4) is 0 Å². The van der Waals surface area contributed by atoms with E-state index in [1.807, 2.05) is 19.9 Å². The molecule has 0 amide bonds. The van der Waals surface area contributed by atoms with Gasteiger partial charge in [0.2, 0.25) is 5.78 Å². The number of benzene rings is 1. The van der Waals surface area contributed by atoms with Gasteiger partial charge in [0.15, 0.2) is 5.76 Å². The average Bonchev–Trinajstić information content (AvgIpc) is 2.80. The van der Waals surface area contributed by atoms with E-state index in [4.69, 9.17) is 16.0 Å². The highest BCUT2D eigenvalue weighted by molar-refractivity contribution is 6.32. The first-order chi connectivity index (χ1) is 8.13. The molecule has 0 saturated carbocycles. The van der Waals surface area contributed by atoms with Crippen molar-refractivity contribution in [1.29, 1.82) is 0 Å². The van der Waals surface area contributed by atoms with Crippen molar-refractivity contribution >= 4 is 17.4 Å².